The maximum Gasteiger partial charge on any atom is 0.167 e. The molecule has 3 heteroatoms. The Bertz CT molecular complexity index is 755. The number of rotatable bonds is 1. The van der Waals surface area contributed by atoms with Crippen LogP contribution >= 0.6 is 11.3 Å². The van der Waals surface area contributed by atoms with Crippen molar-refractivity contribution in [3.8, 4) is 10.4 Å². The second-order valence-electron chi connectivity index (χ2n) is 4.71. The van der Waals surface area contributed by atoms with Crippen molar-refractivity contribution in [2.45, 2.75) is 13.8 Å². The molecule has 1 heterocycles. The van der Waals surface area contributed by atoms with Crippen LogP contribution in [0.25, 0.3) is 20.5 Å². The van der Waals surface area contributed by atoms with Gasteiger partial charge in [0.1, 0.15) is 0 Å². The average Bonchev–Trinajstić information content (AvgIpc) is 2.81. The van der Waals surface area contributed by atoms with E-state index in [2.05, 4.69) is 0 Å². The van der Waals surface area contributed by atoms with Crippen LogP contribution in [0, 0.1) is 25.5 Å². The van der Waals surface area contributed by atoms with Gasteiger partial charge in [0.05, 0.1) is 0 Å². The molecule has 0 saturated heterocycles. The molecular weight excluding hydrogens is 262 g/mol. The predicted molar refractivity (Wildman–Crippen MR) is 76.7 cm³/mol. The van der Waals surface area contributed by atoms with E-state index in [0.29, 0.717) is 10.9 Å². The molecule has 0 fully saturated rings. The number of fused-ring (bicyclic) bond motifs is 1. The zero-order valence-electron chi connectivity index (χ0n) is 10.6. The van der Waals surface area contributed by atoms with Crippen molar-refractivity contribution < 1.29 is 8.78 Å². The molecule has 96 valence electrons. The van der Waals surface area contributed by atoms with Crippen LogP contribution in [0.2, 0.25) is 0 Å². The number of benzene rings is 2. The molecule has 0 atom stereocenters. The normalized spacial score (nSPS) is 11.2. The lowest BCUT2D eigenvalue weighted by atomic mass is 10.1. The number of hydrogen-bond acceptors (Lipinski definition) is 1. The minimum Gasteiger partial charge on any atom is -0.203 e. The molecule has 0 bridgehead atoms. The van der Waals surface area contributed by atoms with Gasteiger partial charge in [0, 0.05) is 15.0 Å². The summed E-state index contributed by atoms with van der Waals surface area (Å²) in [6, 6.07) is 11.5. The average molecular weight is 274 g/mol. The van der Waals surface area contributed by atoms with Crippen LogP contribution in [0.3, 0.4) is 0 Å². The van der Waals surface area contributed by atoms with Gasteiger partial charge in [-0.1, -0.05) is 29.8 Å². The molecule has 0 saturated carbocycles. The summed E-state index contributed by atoms with van der Waals surface area (Å²) in [5.41, 5.74) is 2.56. The Balaban J connectivity index is 2.22. The van der Waals surface area contributed by atoms with Gasteiger partial charge < -0.3 is 0 Å². The van der Waals surface area contributed by atoms with Crippen LogP contribution in [0.1, 0.15) is 11.1 Å². The zero-order valence-corrected chi connectivity index (χ0v) is 11.4. The first kappa shape index (κ1) is 12.3. The highest BCUT2D eigenvalue weighted by molar-refractivity contribution is 7.22. The fraction of sp³-hybridized carbons (Fsp3) is 0.125. The summed E-state index contributed by atoms with van der Waals surface area (Å²) < 4.78 is 28.2. The van der Waals surface area contributed by atoms with Crippen LogP contribution in [0.15, 0.2) is 36.4 Å². The van der Waals surface area contributed by atoms with Crippen molar-refractivity contribution in [2.24, 2.45) is 0 Å². The standard InChI is InChI=1S/C16H12F2S/c1-9-3-5-11(6-4-9)13-8-12-14(19-13)7-10(2)15(17)16(12)18/h3-8H,1-2H3. The Kier molecular flexibility index (Phi) is 2.86. The van der Waals surface area contributed by atoms with Crippen molar-refractivity contribution in [3.63, 3.8) is 0 Å². The lowest BCUT2D eigenvalue weighted by molar-refractivity contribution is 0.511. The molecular formula is C16H12F2S. The predicted octanol–water partition coefficient (Wildman–Crippen LogP) is 5.46. The molecule has 0 unspecified atom stereocenters. The Hall–Kier alpha value is -1.74. The first-order chi connectivity index (χ1) is 9.06. The Labute approximate surface area is 114 Å². The summed E-state index contributed by atoms with van der Waals surface area (Å²) in [6.07, 6.45) is 0. The third kappa shape index (κ3) is 2.04. The van der Waals surface area contributed by atoms with Crippen molar-refractivity contribution in [1.82, 2.24) is 0 Å². The summed E-state index contributed by atoms with van der Waals surface area (Å²) in [5.74, 6) is -1.50. The van der Waals surface area contributed by atoms with Gasteiger partial charge in [0.25, 0.3) is 0 Å². The SMILES string of the molecule is Cc1ccc(-c2cc3c(F)c(F)c(C)cc3s2)cc1. The van der Waals surface area contributed by atoms with E-state index in [-0.39, 0.29) is 0 Å². The monoisotopic (exact) mass is 274 g/mol. The summed E-state index contributed by atoms with van der Waals surface area (Å²) in [4.78, 5) is 0.957. The Morgan fingerprint density at radius 1 is 0.895 bits per heavy atom. The third-order valence-electron chi connectivity index (χ3n) is 3.22. The van der Waals surface area contributed by atoms with Gasteiger partial charge >= 0.3 is 0 Å². The first-order valence-electron chi connectivity index (χ1n) is 6.01. The quantitative estimate of drug-likeness (QED) is 0.552. The molecule has 2 aromatic carbocycles. The Morgan fingerprint density at radius 2 is 1.58 bits per heavy atom. The molecule has 0 N–H and O–H groups in total. The highest BCUT2D eigenvalue weighted by atomic mass is 32.1. The second kappa shape index (κ2) is 4.42. The summed E-state index contributed by atoms with van der Waals surface area (Å²) in [7, 11) is 0. The number of thiophene rings is 1. The molecule has 1 aromatic heterocycles. The van der Waals surface area contributed by atoms with Gasteiger partial charge in [-0.05, 0) is 37.1 Å². The smallest absolute Gasteiger partial charge is 0.167 e. The van der Waals surface area contributed by atoms with Gasteiger partial charge in [-0.15, -0.1) is 11.3 Å². The van der Waals surface area contributed by atoms with Crippen LogP contribution in [0.5, 0.6) is 0 Å². The Morgan fingerprint density at radius 3 is 2.26 bits per heavy atom. The van der Waals surface area contributed by atoms with Gasteiger partial charge in [-0.25, -0.2) is 8.78 Å². The minimum absolute atomic E-state index is 0.349. The highest BCUT2D eigenvalue weighted by Gasteiger charge is 2.14. The molecule has 3 aromatic rings. The molecule has 0 nitrogen and oxygen atoms in total. The maximum absolute atomic E-state index is 13.9. The van der Waals surface area contributed by atoms with Gasteiger partial charge in [-0.2, -0.15) is 0 Å². The lowest BCUT2D eigenvalue weighted by Crippen LogP contribution is -1.88. The molecule has 0 aliphatic rings. The van der Waals surface area contributed by atoms with E-state index in [9.17, 15) is 8.78 Å². The van der Waals surface area contributed by atoms with E-state index < -0.39 is 11.6 Å². The van der Waals surface area contributed by atoms with Crippen LogP contribution < -0.4 is 0 Å². The van der Waals surface area contributed by atoms with Gasteiger partial charge in [0.2, 0.25) is 0 Å². The third-order valence-corrected chi connectivity index (χ3v) is 4.35. The molecule has 0 aliphatic heterocycles. The van der Waals surface area contributed by atoms with Crippen LogP contribution in [-0.4, -0.2) is 0 Å². The zero-order chi connectivity index (χ0) is 13.6. The number of aryl methyl sites for hydroxylation is 2. The van der Waals surface area contributed by atoms with E-state index in [0.717, 1.165) is 15.1 Å². The van der Waals surface area contributed by atoms with Crippen LogP contribution in [-0.2, 0) is 0 Å². The van der Waals surface area contributed by atoms with Crippen molar-refractivity contribution >= 4 is 21.4 Å². The summed E-state index contributed by atoms with van der Waals surface area (Å²) in [6.45, 7) is 3.61. The molecule has 0 amide bonds. The van der Waals surface area contributed by atoms with Crippen molar-refractivity contribution in [3.05, 3.63) is 59.2 Å². The molecule has 0 aliphatic carbocycles. The van der Waals surface area contributed by atoms with E-state index >= 15 is 0 Å². The fourth-order valence-corrected chi connectivity index (χ4v) is 3.26. The summed E-state index contributed by atoms with van der Waals surface area (Å²) in [5, 5.41) is 0.365. The van der Waals surface area contributed by atoms with Gasteiger partial charge in [-0.3, -0.25) is 0 Å². The second-order valence-corrected chi connectivity index (χ2v) is 5.79. The number of hydrogen-bond donors (Lipinski definition) is 0. The van der Waals surface area contributed by atoms with E-state index in [1.54, 1.807) is 19.1 Å². The molecule has 19 heavy (non-hydrogen) atoms. The first-order valence-corrected chi connectivity index (χ1v) is 6.83. The maximum atomic E-state index is 13.9. The summed E-state index contributed by atoms with van der Waals surface area (Å²) >= 11 is 1.49. The minimum atomic E-state index is -0.749. The van der Waals surface area contributed by atoms with Crippen LogP contribution in [0.4, 0.5) is 8.78 Å². The molecule has 0 radical (unpaired) electrons. The van der Waals surface area contributed by atoms with E-state index in [1.807, 2.05) is 31.2 Å². The van der Waals surface area contributed by atoms with E-state index in [1.165, 1.54) is 16.9 Å². The van der Waals surface area contributed by atoms with E-state index in [4.69, 9.17) is 0 Å². The van der Waals surface area contributed by atoms with Crippen molar-refractivity contribution in [1.29, 1.82) is 0 Å². The largest absolute Gasteiger partial charge is 0.203 e. The molecule has 0 spiro atoms. The highest BCUT2D eigenvalue weighted by Crippen LogP contribution is 2.36. The van der Waals surface area contributed by atoms with Gasteiger partial charge in [0.15, 0.2) is 11.6 Å². The number of halogens is 2. The molecule has 3 rings (SSSR count). The lowest BCUT2D eigenvalue weighted by Gasteiger charge is -1.98. The van der Waals surface area contributed by atoms with Crippen molar-refractivity contribution in [2.75, 3.05) is 0 Å². The fourth-order valence-electron chi connectivity index (χ4n) is 2.10. The topological polar surface area (TPSA) is 0 Å².